The van der Waals surface area contributed by atoms with E-state index in [-0.39, 0.29) is 0 Å². The standard InChI is InChI=1S/C13H16F2INO2/c1-13(2,3)19-12(18)17(8-11(14)15)10-6-4-5-9(16)7-10/h4-7,11H,8H2,1-3H3. The minimum absolute atomic E-state index is 0.404. The maximum absolute atomic E-state index is 12.6. The van der Waals surface area contributed by atoms with Crippen LogP contribution in [0.25, 0.3) is 0 Å². The summed E-state index contributed by atoms with van der Waals surface area (Å²) in [4.78, 5) is 12.9. The maximum atomic E-state index is 12.6. The molecule has 19 heavy (non-hydrogen) atoms. The Bertz CT molecular complexity index is 447. The Kier molecular flexibility index (Phi) is 5.51. The number of benzene rings is 1. The molecule has 0 heterocycles. The van der Waals surface area contributed by atoms with Crippen LogP contribution in [0.3, 0.4) is 0 Å². The number of halogens is 3. The fourth-order valence-corrected chi connectivity index (χ4v) is 1.91. The molecule has 0 radical (unpaired) electrons. The number of hydrogen-bond acceptors (Lipinski definition) is 2. The van der Waals surface area contributed by atoms with Gasteiger partial charge in [0.2, 0.25) is 0 Å². The van der Waals surface area contributed by atoms with E-state index in [1.807, 2.05) is 6.07 Å². The summed E-state index contributed by atoms with van der Waals surface area (Å²) in [5.74, 6) is 0. The zero-order chi connectivity index (χ0) is 14.6. The number of alkyl halides is 2. The van der Waals surface area contributed by atoms with E-state index < -0.39 is 24.7 Å². The Labute approximate surface area is 125 Å². The molecule has 0 unspecified atom stereocenters. The summed E-state index contributed by atoms with van der Waals surface area (Å²) in [5, 5.41) is 0. The fourth-order valence-electron chi connectivity index (χ4n) is 1.38. The molecule has 0 aliphatic rings. The summed E-state index contributed by atoms with van der Waals surface area (Å²) in [6.07, 6.45) is -3.39. The summed E-state index contributed by atoms with van der Waals surface area (Å²) >= 11 is 2.06. The van der Waals surface area contributed by atoms with Gasteiger partial charge in [-0.3, -0.25) is 4.90 Å². The van der Waals surface area contributed by atoms with Gasteiger partial charge >= 0.3 is 6.09 Å². The molecule has 106 valence electrons. The van der Waals surface area contributed by atoms with Crippen LogP contribution in [0.5, 0.6) is 0 Å². The van der Waals surface area contributed by atoms with Gasteiger partial charge in [-0.2, -0.15) is 0 Å². The smallest absolute Gasteiger partial charge is 0.414 e. The number of hydrogen-bond donors (Lipinski definition) is 0. The summed E-state index contributed by atoms with van der Waals surface area (Å²) in [6.45, 7) is 4.40. The first-order chi connectivity index (χ1) is 8.69. The highest BCUT2D eigenvalue weighted by atomic mass is 127. The molecular formula is C13H16F2INO2. The van der Waals surface area contributed by atoms with Gasteiger partial charge < -0.3 is 4.74 Å². The summed E-state index contributed by atoms with van der Waals surface area (Å²) in [7, 11) is 0. The van der Waals surface area contributed by atoms with Crippen LogP contribution in [0.15, 0.2) is 24.3 Å². The average molecular weight is 383 g/mol. The summed E-state index contributed by atoms with van der Waals surface area (Å²) < 4.78 is 31.2. The molecule has 0 aliphatic carbocycles. The lowest BCUT2D eigenvalue weighted by atomic mass is 10.2. The molecule has 1 aromatic carbocycles. The van der Waals surface area contributed by atoms with Gasteiger partial charge in [0.05, 0.1) is 6.54 Å². The molecule has 0 aromatic heterocycles. The van der Waals surface area contributed by atoms with Crippen molar-refractivity contribution in [2.75, 3.05) is 11.4 Å². The van der Waals surface area contributed by atoms with Crippen LogP contribution in [-0.2, 0) is 4.74 Å². The SMILES string of the molecule is CC(C)(C)OC(=O)N(CC(F)F)c1cccc(I)c1. The minimum atomic E-state index is -2.62. The molecule has 0 N–H and O–H groups in total. The Morgan fingerprint density at radius 2 is 2.05 bits per heavy atom. The van der Waals surface area contributed by atoms with Crippen LogP contribution < -0.4 is 4.90 Å². The van der Waals surface area contributed by atoms with Crippen molar-refractivity contribution in [3.63, 3.8) is 0 Å². The molecular weight excluding hydrogens is 367 g/mol. The molecule has 0 saturated carbocycles. The lowest BCUT2D eigenvalue weighted by Crippen LogP contribution is -2.39. The second kappa shape index (κ2) is 6.49. The van der Waals surface area contributed by atoms with Crippen LogP contribution in [0, 0.1) is 3.57 Å². The Morgan fingerprint density at radius 3 is 2.53 bits per heavy atom. The zero-order valence-corrected chi connectivity index (χ0v) is 13.1. The molecule has 1 rings (SSSR count). The lowest BCUT2D eigenvalue weighted by molar-refractivity contribution is 0.0543. The Balaban J connectivity index is 2.98. The Hall–Kier alpha value is -0.920. The number of anilines is 1. The van der Waals surface area contributed by atoms with E-state index >= 15 is 0 Å². The third kappa shape index (κ3) is 5.71. The largest absolute Gasteiger partial charge is 0.443 e. The van der Waals surface area contributed by atoms with Crippen molar-refractivity contribution in [3.05, 3.63) is 27.8 Å². The van der Waals surface area contributed by atoms with E-state index in [0.29, 0.717) is 5.69 Å². The third-order valence-corrected chi connectivity index (χ3v) is 2.73. The summed E-state index contributed by atoms with van der Waals surface area (Å²) in [6, 6.07) is 6.79. The van der Waals surface area contributed by atoms with Crippen molar-refractivity contribution in [1.29, 1.82) is 0 Å². The predicted molar refractivity (Wildman–Crippen MR) is 78.7 cm³/mol. The van der Waals surface area contributed by atoms with Gasteiger partial charge in [-0.25, -0.2) is 13.6 Å². The van der Waals surface area contributed by atoms with Crippen LogP contribution in [0.1, 0.15) is 20.8 Å². The highest BCUT2D eigenvalue weighted by Crippen LogP contribution is 2.21. The van der Waals surface area contributed by atoms with E-state index in [4.69, 9.17) is 4.74 Å². The van der Waals surface area contributed by atoms with E-state index in [1.54, 1.807) is 39.0 Å². The number of nitrogens with zero attached hydrogens (tertiary/aromatic N) is 1. The molecule has 1 aromatic rings. The van der Waals surface area contributed by atoms with Crippen LogP contribution in [0.2, 0.25) is 0 Å². The second-order valence-electron chi connectivity index (χ2n) is 4.96. The van der Waals surface area contributed by atoms with Gasteiger partial charge in [0.1, 0.15) is 5.60 Å². The molecule has 0 saturated heterocycles. The number of ether oxygens (including phenoxy) is 1. The van der Waals surface area contributed by atoms with Gasteiger partial charge in [0.25, 0.3) is 6.43 Å². The average Bonchev–Trinajstić information content (AvgIpc) is 2.23. The molecule has 0 atom stereocenters. The molecule has 1 amide bonds. The molecule has 0 aliphatic heterocycles. The van der Waals surface area contributed by atoms with Crippen molar-refractivity contribution < 1.29 is 18.3 Å². The molecule has 0 bridgehead atoms. The van der Waals surface area contributed by atoms with E-state index in [2.05, 4.69) is 22.6 Å². The van der Waals surface area contributed by atoms with Crippen molar-refractivity contribution >= 4 is 34.4 Å². The quantitative estimate of drug-likeness (QED) is 0.729. The van der Waals surface area contributed by atoms with Crippen molar-refractivity contribution in [2.24, 2.45) is 0 Å². The number of amides is 1. The fraction of sp³-hybridized carbons (Fsp3) is 0.462. The van der Waals surface area contributed by atoms with Gasteiger partial charge in [0.15, 0.2) is 0 Å². The highest BCUT2D eigenvalue weighted by Gasteiger charge is 2.25. The zero-order valence-electron chi connectivity index (χ0n) is 11.0. The normalized spacial score (nSPS) is 11.5. The lowest BCUT2D eigenvalue weighted by Gasteiger charge is -2.27. The maximum Gasteiger partial charge on any atom is 0.414 e. The van der Waals surface area contributed by atoms with E-state index in [1.165, 1.54) is 0 Å². The van der Waals surface area contributed by atoms with Gasteiger partial charge in [-0.1, -0.05) is 6.07 Å². The third-order valence-electron chi connectivity index (χ3n) is 2.05. The Morgan fingerprint density at radius 1 is 1.42 bits per heavy atom. The van der Waals surface area contributed by atoms with Crippen LogP contribution in [-0.4, -0.2) is 24.7 Å². The van der Waals surface area contributed by atoms with Crippen molar-refractivity contribution in [2.45, 2.75) is 32.8 Å². The first kappa shape index (κ1) is 16.1. The topological polar surface area (TPSA) is 29.5 Å². The monoisotopic (exact) mass is 383 g/mol. The van der Waals surface area contributed by atoms with Crippen molar-refractivity contribution in [1.82, 2.24) is 0 Å². The minimum Gasteiger partial charge on any atom is -0.443 e. The van der Waals surface area contributed by atoms with Crippen LogP contribution in [0.4, 0.5) is 19.3 Å². The summed E-state index contributed by atoms with van der Waals surface area (Å²) in [5.41, 5.74) is -0.319. The van der Waals surface area contributed by atoms with E-state index in [0.717, 1.165) is 8.47 Å². The van der Waals surface area contributed by atoms with Gasteiger partial charge in [0, 0.05) is 9.26 Å². The van der Waals surface area contributed by atoms with Gasteiger partial charge in [-0.05, 0) is 61.6 Å². The first-order valence-corrected chi connectivity index (χ1v) is 6.81. The number of carbonyl (C=O) groups is 1. The number of rotatable bonds is 3. The highest BCUT2D eigenvalue weighted by molar-refractivity contribution is 14.1. The number of carbonyl (C=O) groups excluding carboxylic acids is 1. The first-order valence-electron chi connectivity index (χ1n) is 5.73. The second-order valence-corrected chi connectivity index (χ2v) is 6.21. The molecule has 3 nitrogen and oxygen atoms in total. The van der Waals surface area contributed by atoms with Crippen molar-refractivity contribution in [3.8, 4) is 0 Å². The van der Waals surface area contributed by atoms with E-state index in [9.17, 15) is 13.6 Å². The molecule has 6 heteroatoms. The molecule has 0 fully saturated rings. The molecule has 0 spiro atoms. The predicted octanol–water partition coefficient (Wildman–Crippen LogP) is 4.30. The van der Waals surface area contributed by atoms with Crippen LogP contribution >= 0.6 is 22.6 Å². The van der Waals surface area contributed by atoms with Gasteiger partial charge in [-0.15, -0.1) is 0 Å².